The number of carboxylic acids is 2. The Morgan fingerprint density at radius 3 is 2.40 bits per heavy atom. The molecule has 0 aromatic heterocycles. The third kappa shape index (κ3) is 5.37. The van der Waals surface area contributed by atoms with Crippen LogP contribution in [0.4, 0.5) is 0 Å². The molecule has 0 amide bonds. The molecule has 35 heavy (non-hydrogen) atoms. The van der Waals surface area contributed by atoms with E-state index in [1.165, 1.54) is 0 Å². The Balaban J connectivity index is 1.94. The molecule has 0 heterocycles. The minimum Gasteiger partial charge on any atom is -0.489 e. The second-order valence-electron chi connectivity index (χ2n) is 9.15. The Morgan fingerprint density at radius 2 is 1.77 bits per heavy atom. The van der Waals surface area contributed by atoms with Gasteiger partial charge in [0.05, 0.1) is 0 Å². The second kappa shape index (κ2) is 10.7. The molecular formula is C29H32O6. The summed E-state index contributed by atoms with van der Waals surface area (Å²) in [6.45, 7) is 7.59. The molecule has 1 aliphatic carbocycles. The number of Topliss-reactive ketones (excluding diaryl/α,β-unsaturated/α-hetero) is 1. The molecular weight excluding hydrogens is 444 g/mol. The Labute approximate surface area is 205 Å². The smallest absolute Gasteiger partial charge is 0.331 e. The van der Waals surface area contributed by atoms with Crippen LogP contribution in [0.15, 0.2) is 59.7 Å². The zero-order valence-electron chi connectivity index (χ0n) is 20.7. The number of rotatable bonds is 10. The molecule has 1 atom stereocenters. The van der Waals surface area contributed by atoms with Crippen LogP contribution in [0.1, 0.15) is 72.1 Å². The number of ketones is 1. The number of ether oxygens (including phenoxy) is 1. The van der Waals surface area contributed by atoms with Crippen molar-refractivity contribution in [2.24, 2.45) is 0 Å². The minimum atomic E-state index is -1.51. The first-order chi connectivity index (χ1) is 16.6. The molecule has 0 saturated carbocycles. The summed E-state index contributed by atoms with van der Waals surface area (Å²) in [7, 11) is 0. The van der Waals surface area contributed by atoms with Gasteiger partial charge in [-0.3, -0.25) is 9.59 Å². The Kier molecular flexibility index (Phi) is 7.95. The van der Waals surface area contributed by atoms with Crippen molar-refractivity contribution in [3.8, 4) is 5.75 Å². The van der Waals surface area contributed by atoms with Crippen LogP contribution in [0.5, 0.6) is 5.75 Å². The fourth-order valence-corrected chi connectivity index (χ4v) is 4.46. The summed E-state index contributed by atoms with van der Waals surface area (Å²) in [4.78, 5) is 36.7. The van der Waals surface area contributed by atoms with E-state index in [0.717, 1.165) is 24.0 Å². The van der Waals surface area contributed by atoms with E-state index in [0.29, 0.717) is 34.4 Å². The van der Waals surface area contributed by atoms with Gasteiger partial charge in [-0.15, -0.1) is 0 Å². The van der Waals surface area contributed by atoms with Gasteiger partial charge in [-0.1, -0.05) is 43.7 Å². The number of aryl methyl sites for hydroxylation is 2. The summed E-state index contributed by atoms with van der Waals surface area (Å²) in [5, 5.41) is 19.9. The normalized spacial score (nSPS) is 17.4. The molecule has 2 aromatic carbocycles. The van der Waals surface area contributed by atoms with Gasteiger partial charge in [-0.2, -0.15) is 0 Å². The predicted molar refractivity (Wildman–Crippen MR) is 134 cm³/mol. The lowest BCUT2D eigenvalue weighted by Gasteiger charge is -2.32. The van der Waals surface area contributed by atoms with Gasteiger partial charge in [-0.05, 0) is 73.2 Å². The number of hydrogen-bond acceptors (Lipinski definition) is 4. The zero-order chi connectivity index (χ0) is 25.8. The van der Waals surface area contributed by atoms with Crippen molar-refractivity contribution in [2.75, 3.05) is 0 Å². The summed E-state index contributed by atoms with van der Waals surface area (Å²) in [5.74, 6) is -1.52. The van der Waals surface area contributed by atoms with Gasteiger partial charge >= 0.3 is 11.9 Å². The first-order valence-electron chi connectivity index (χ1n) is 11.8. The van der Waals surface area contributed by atoms with Gasteiger partial charge in [-0.25, -0.2) is 4.79 Å². The maximum atomic E-state index is 12.6. The highest BCUT2D eigenvalue weighted by Crippen LogP contribution is 2.41. The highest BCUT2D eigenvalue weighted by molar-refractivity contribution is 5.96. The lowest BCUT2D eigenvalue weighted by molar-refractivity contribution is -0.142. The quantitative estimate of drug-likeness (QED) is 0.412. The van der Waals surface area contributed by atoms with E-state index < -0.39 is 17.4 Å². The average Bonchev–Trinajstić information content (AvgIpc) is 2.82. The van der Waals surface area contributed by atoms with Crippen molar-refractivity contribution in [2.45, 2.75) is 65.4 Å². The van der Waals surface area contributed by atoms with Crippen LogP contribution in [0.25, 0.3) is 0 Å². The third-order valence-corrected chi connectivity index (χ3v) is 6.71. The van der Waals surface area contributed by atoms with Gasteiger partial charge in [0.2, 0.25) is 0 Å². The first kappa shape index (κ1) is 25.9. The molecule has 1 aliphatic rings. The molecule has 0 aliphatic heterocycles. The van der Waals surface area contributed by atoms with E-state index in [4.69, 9.17) is 4.74 Å². The first-order valence-corrected chi connectivity index (χ1v) is 11.8. The summed E-state index contributed by atoms with van der Waals surface area (Å²) < 4.78 is 6.11. The second-order valence-corrected chi connectivity index (χ2v) is 9.15. The number of allylic oxidation sites excluding steroid dienone is 2. The van der Waals surface area contributed by atoms with Gasteiger partial charge in [0.1, 0.15) is 17.8 Å². The standard InChI is InChI=1S/C29H32O6/c1-5-6-10-25(30)21-11-12-26(20(4)15-21)35-17-23-18(2)8-7-9-24(23)29(28(33)34)14-13-19(3)22(16-29)27(31)32/h7-9,11-15H,5-6,10,16-17H2,1-4H3,(H,31,32)(H,33,34). The van der Waals surface area contributed by atoms with Crippen molar-refractivity contribution in [3.05, 3.63) is 87.5 Å². The lowest BCUT2D eigenvalue weighted by Crippen LogP contribution is -2.38. The van der Waals surface area contributed by atoms with Crippen molar-refractivity contribution in [1.82, 2.24) is 0 Å². The van der Waals surface area contributed by atoms with Crippen LogP contribution in [0.2, 0.25) is 0 Å². The number of benzene rings is 2. The number of hydrogen-bond donors (Lipinski definition) is 2. The van der Waals surface area contributed by atoms with Crippen LogP contribution in [-0.2, 0) is 21.6 Å². The van der Waals surface area contributed by atoms with Crippen LogP contribution >= 0.6 is 0 Å². The SMILES string of the molecule is CCCCC(=O)c1ccc(OCc2c(C)cccc2C2(C(=O)O)C=CC(C)=C(C(=O)O)C2)c(C)c1. The van der Waals surface area contributed by atoms with E-state index in [2.05, 4.69) is 0 Å². The van der Waals surface area contributed by atoms with Crippen LogP contribution < -0.4 is 4.74 Å². The molecule has 2 N–H and O–H groups in total. The van der Waals surface area contributed by atoms with Gasteiger partial charge in [0.15, 0.2) is 5.78 Å². The molecule has 184 valence electrons. The third-order valence-electron chi connectivity index (χ3n) is 6.71. The largest absolute Gasteiger partial charge is 0.489 e. The molecule has 2 aromatic rings. The minimum absolute atomic E-state index is 0.0856. The van der Waals surface area contributed by atoms with E-state index in [1.54, 1.807) is 43.3 Å². The summed E-state index contributed by atoms with van der Waals surface area (Å²) in [6.07, 6.45) is 5.33. The molecule has 6 nitrogen and oxygen atoms in total. The fourth-order valence-electron chi connectivity index (χ4n) is 4.46. The molecule has 0 spiro atoms. The highest BCUT2D eigenvalue weighted by Gasteiger charge is 2.43. The highest BCUT2D eigenvalue weighted by atomic mass is 16.5. The fraction of sp³-hybridized carbons (Fsp3) is 0.345. The van der Waals surface area contributed by atoms with Crippen molar-refractivity contribution in [1.29, 1.82) is 0 Å². The summed E-state index contributed by atoms with van der Waals surface area (Å²) >= 11 is 0. The van der Waals surface area contributed by atoms with E-state index in [9.17, 15) is 24.6 Å². The van der Waals surface area contributed by atoms with E-state index in [1.807, 2.05) is 32.9 Å². The van der Waals surface area contributed by atoms with Gasteiger partial charge in [0.25, 0.3) is 0 Å². The predicted octanol–water partition coefficient (Wildman–Crippen LogP) is 5.94. The maximum absolute atomic E-state index is 12.6. The molecule has 1 unspecified atom stereocenters. The number of aliphatic carboxylic acids is 2. The van der Waals surface area contributed by atoms with Gasteiger partial charge in [0, 0.05) is 24.0 Å². The van der Waals surface area contributed by atoms with Crippen molar-refractivity contribution in [3.63, 3.8) is 0 Å². The Hall–Kier alpha value is -3.67. The number of unbranched alkanes of at least 4 members (excludes halogenated alkanes) is 1. The number of carboxylic acid groups (broad SMARTS) is 2. The van der Waals surface area contributed by atoms with E-state index >= 15 is 0 Å². The van der Waals surface area contributed by atoms with E-state index in [-0.39, 0.29) is 24.4 Å². The lowest BCUT2D eigenvalue weighted by atomic mass is 9.69. The Morgan fingerprint density at radius 1 is 1.03 bits per heavy atom. The zero-order valence-corrected chi connectivity index (χ0v) is 20.7. The molecule has 6 heteroatoms. The van der Waals surface area contributed by atoms with Crippen LogP contribution in [0.3, 0.4) is 0 Å². The van der Waals surface area contributed by atoms with Gasteiger partial charge < -0.3 is 14.9 Å². The topological polar surface area (TPSA) is 101 Å². The molecule has 0 fully saturated rings. The maximum Gasteiger partial charge on any atom is 0.331 e. The van der Waals surface area contributed by atoms with Crippen molar-refractivity contribution < 1.29 is 29.3 Å². The monoisotopic (exact) mass is 476 g/mol. The molecule has 3 rings (SSSR count). The molecule has 0 radical (unpaired) electrons. The molecule has 0 bridgehead atoms. The Bertz CT molecular complexity index is 1220. The van der Waals surface area contributed by atoms with Crippen molar-refractivity contribution >= 4 is 17.7 Å². The van der Waals surface area contributed by atoms with Crippen LogP contribution in [0, 0.1) is 13.8 Å². The molecule has 0 saturated heterocycles. The summed E-state index contributed by atoms with van der Waals surface area (Å²) in [6, 6.07) is 10.7. The number of carbonyl (C=O) groups is 3. The number of carbonyl (C=O) groups excluding carboxylic acids is 1. The summed E-state index contributed by atoms with van der Waals surface area (Å²) in [5.41, 5.74) is 2.65. The average molecular weight is 477 g/mol. The van der Waals surface area contributed by atoms with Crippen LogP contribution in [-0.4, -0.2) is 27.9 Å².